The molecule has 3 rings (SSSR count). The van der Waals surface area contributed by atoms with E-state index in [1.54, 1.807) is 10.9 Å². The number of hydrogen-bond donors (Lipinski definition) is 1. The van der Waals surface area contributed by atoms with E-state index in [0.29, 0.717) is 16.9 Å². The van der Waals surface area contributed by atoms with Gasteiger partial charge in [0.15, 0.2) is 0 Å². The maximum absolute atomic E-state index is 12.4. The Bertz CT molecular complexity index is 682. The molecule has 0 spiro atoms. The molecule has 1 saturated carbocycles. The van der Waals surface area contributed by atoms with Crippen molar-refractivity contribution < 1.29 is 4.79 Å². The van der Waals surface area contributed by atoms with E-state index in [1.165, 1.54) is 12.8 Å². The molecule has 2 aromatic rings. The van der Waals surface area contributed by atoms with Gasteiger partial charge < -0.3 is 5.32 Å². The number of rotatable bonds is 3. The number of halogens is 1. The van der Waals surface area contributed by atoms with E-state index in [1.807, 2.05) is 18.2 Å². The summed E-state index contributed by atoms with van der Waals surface area (Å²) in [5, 5.41) is 9.14. The fourth-order valence-corrected chi connectivity index (χ4v) is 3.51. The molecule has 1 aliphatic carbocycles. The fourth-order valence-electron chi connectivity index (χ4n) is 3.34. The molecule has 0 bridgehead atoms. The Balaban J connectivity index is 1.69. The van der Waals surface area contributed by atoms with Gasteiger partial charge in [-0.1, -0.05) is 38.3 Å². The summed E-state index contributed by atoms with van der Waals surface area (Å²) in [7, 11) is 0. The van der Waals surface area contributed by atoms with E-state index < -0.39 is 0 Å². The standard InChI is InChI=1S/C17H22ClN3O/c1-11-4-3-5-15(12(11)2)20-17(22)10-21-16-8-14(18)7-6-13(16)9-19-21/h6-9,11-12,15H,3-5,10H2,1-2H3,(H,20,22)/t11-,12+,15+/m1/s1. The zero-order valence-corrected chi connectivity index (χ0v) is 13.8. The van der Waals surface area contributed by atoms with Gasteiger partial charge in [-0.05, 0) is 36.5 Å². The number of benzene rings is 1. The third-order valence-electron chi connectivity index (χ3n) is 4.95. The van der Waals surface area contributed by atoms with Crippen LogP contribution in [0.25, 0.3) is 10.9 Å². The first-order chi connectivity index (χ1) is 10.5. The molecule has 4 nitrogen and oxygen atoms in total. The summed E-state index contributed by atoms with van der Waals surface area (Å²) in [5.74, 6) is 1.22. The van der Waals surface area contributed by atoms with Crippen LogP contribution in [0, 0.1) is 11.8 Å². The minimum absolute atomic E-state index is 0.0240. The highest BCUT2D eigenvalue weighted by molar-refractivity contribution is 6.31. The van der Waals surface area contributed by atoms with Crippen LogP contribution in [0.5, 0.6) is 0 Å². The molecule has 1 amide bonds. The summed E-state index contributed by atoms with van der Waals surface area (Å²) in [5.41, 5.74) is 0.896. The van der Waals surface area contributed by atoms with E-state index >= 15 is 0 Å². The number of aromatic nitrogens is 2. The van der Waals surface area contributed by atoms with Gasteiger partial charge in [-0.2, -0.15) is 5.10 Å². The Morgan fingerprint density at radius 1 is 1.41 bits per heavy atom. The van der Waals surface area contributed by atoms with Crippen LogP contribution < -0.4 is 5.32 Å². The van der Waals surface area contributed by atoms with E-state index in [9.17, 15) is 4.79 Å². The van der Waals surface area contributed by atoms with Gasteiger partial charge in [0.25, 0.3) is 0 Å². The van der Waals surface area contributed by atoms with Gasteiger partial charge in [0.2, 0.25) is 5.91 Å². The monoisotopic (exact) mass is 319 g/mol. The lowest BCUT2D eigenvalue weighted by atomic mass is 9.78. The van der Waals surface area contributed by atoms with Crippen LogP contribution in [0.3, 0.4) is 0 Å². The molecule has 1 heterocycles. The van der Waals surface area contributed by atoms with Crippen LogP contribution in [0.4, 0.5) is 0 Å². The van der Waals surface area contributed by atoms with Gasteiger partial charge in [-0.15, -0.1) is 0 Å². The smallest absolute Gasteiger partial charge is 0.241 e. The summed E-state index contributed by atoms with van der Waals surface area (Å²) in [6, 6.07) is 5.88. The molecule has 0 unspecified atom stereocenters. The normalized spacial score (nSPS) is 25.3. The maximum Gasteiger partial charge on any atom is 0.241 e. The summed E-state index contributed by atoms with van der Waals surface area (Å²) in [6.07, 6.45) is 5.29. The first-order valence-electron chi connectivity index (χ1n) is 7.95. The summed E-state index contributed by atoms with van der Waals surface area (Å²) >= 11 is 6.03. The number of amides is 1. The minimum atomic E-state index is 0.0240. The van der Waals surface area contributed by atoms with Crippen molar-refractivity contribution in [3.8, 4) is 0 Å². The quantitative estimate of drug-likeness (QED) is 0.939. The molecule has 3 atom stereocenters. The number of fused-ring (bicyclic) bond motifs is 1. The molecular formula is C17H22ClN3O. The first kappa shape index (κ1) is 15.3. The predicted octanol–water partition coefficient (Wildman–Crippen LogP) is 3.63. The third kappa shape index (κ3) is 3.12. The van der Waals surface area contributed by atoms with Crippen LogP contribution in [-0.2, 0) is 11.3 Å². The second-order valence-electron chi connectivity index (χ2n) is 6.45. The van der Waals surface area contributed by atoms with Crippen LogP contribution >= 0.6 is 11.6 Å². The summed E-state index contributed by atoms with van der Waals surface area (Å²) in [6.45, 7) is 4.74. The van der Waals surface area contributed by atoms with Gasteiger partial charge in [0.1, 0.15) is 6.54 Å². The van der Waals surface area contributed by atoms with E-state index in [-0.39, 0.29) is 18.5 Å². The highest BCUT2D eigenvalue weighted by atomic mass is 35.5. The fraction of sp³-hybridized carbons (Fsp3) is 0.529. The molecule has 22 heavy (non-hydrogen) atoms. The van der Waals surface area contributed by atoms with Crippen molar-refractivity contribution in [2.75, 3.05) is 0 Å². The highest BCUT2D eigenvalue weighted by Gasteiger charge is 2.28. The van der Waals surface area contributed by atoms with Crippen molar-refractivity contribution in [2.24, 2.45) is 11.8 Å². The van der Waals surface area contributed by atoms with Crippen LogP contribution in [-0.4, -0.2) is 21.7 Å². The Morgan fingerprint density at radius 2 is 2.23 bits per heavy atom. The van der Waals surface area contributed by atoms with Gasteiger partial charge in [0.05, 0.1) is 11.7 Å². The van der Waals surface area contributed by atoms with Gasteiger partial charge in [-0.25, -0.2) is 0 Å². The lowest BCUT2D eigenvalue weighted by Crippen LogP contribution is -2.44. The number of nitrogens with zero attached hydrogens (tertiary/aromatic N) is 2. The Kier molecular flexibility index (Phi) is 4.39. The molecule has 1 fully saturated rings. The lowest BCUT2D eigenvalue weighted by molar-refractivity contribution is -0.123. The van der Waals surface area contributed by atoms with Crippen molar-refractivity contribution in [1.82, 2.24) is 15.1 Å². The Morgan fingerprint density at radius 3 is 3.05 bits per heavy atom. The van der Waals surface area contributed by atoms with Gasteiger partial charge in [-0.3, -0.25) is 9.48 Å². The zero-order valence-electron chi connectivity index (χ0n) is 13.1. The topological polar surface area (TPSA) is 46.9 Å². The molecule has 0 radical (unpaired) electrons. The van der Waals surface area contributed by atoms with E-state index in [2.05, 4.69) is 24.3 Å². The van der Waals surface area contributed by atoms with E-state index in [4.69, 9.17) is 11.6 Å². The predicted molar refractivity (Wildman–Crippen MR) is 88.9 cm³/mol. The molecule has 0 saturated heterocycles. The van der Waals surface area contributed by atoms with Crippen molar-refractivity contribution >= 4 is 28.4 Å². The summed E-state index contributed by atoms with van der Waals surface area (Å²) < 4.78 is 1.72. The van der Waals surface area contributed by atoms with Crippen molar-refractivity contribution in [1.29, 1.82) is 0 Å². The molecule has 1 aromatic heterocycles. The van der Waals surface area contributed by atoms with Crippen LogP contribution in [0.1, 0.15) is 33.1 Å². The maximum atomic E-state index is 12.4. The zero-order chi connectivity index (χ0) is 15.7. The van der Waals surface area contributed by atoms with Crippen molar-refractivity contribution in [2.45, 2.75) is 45.7 Å². The molecule has 5 heteroatoms. The van der Waals surface area contributed by atoms with Crippen molar-refractivity contribution in [3.05, 3.63) is 29.4 Å². The number of nitrogens with one attached hydrogen (secondary N) is 1. The largest absolute Gasteiger partial charge is 0.351 e. The molecule has 1 aromatic carbocycles. The molecule has 0 aliphatic heterocycles. The Hall–Kier alpha value is -1.55. The number of carbonyl (C=O) groups is 1. The highest BCUT2D eigenvalue weighted by Crippen LogP contribution is 2.29. The van der Waals surface area contributed by atoms with Crippen LogP contribution in [0.2, 0.25) is 5.02 Å². The van der Waals surface area contributed by atoms with E-state index in [0.717, 1.165) is 17.3 Å². The molecular weight excluding hydrogens is 298 g/mol. The third-order valence-corrected chi connectivity index (χ3v) is 5.19. The lowest BCUT2D eigenvalue weighted by Gasteiger charge is -2.34. The summed E-state index contributed by atoms with van der Waals surface area (Å²) in [4.78, 5) is 12.4. The molecule has 118 valence electrons. The average Bonchev–Trinajstić information content (AvgIpc) is 2.86. The second kappa shape index (κ2) is 6.29. The van der Waals surface area contributed by atoms with Crippen molar-refractivity contribution in [3.63, 3.8) is 0 Å². The molecule has 1 aliphatic rings. The second-order valence-corrected chi connectivity index (χ2v) is 6.88. The van der Waals surface area contributed by atoms with Crippen LogP contribution in [0.15, 0.2) is 24.4 Å². The SMILES string of the molecule is C[C@H]1[C@H](C)CCC[C@@H]1NC(=O)Cn1ncc2ccc(Cl)cc21. The average molecular weight is 320 g/mol. The Labute approximate surface area is 135 Å². The first-order valence-corrected chi connectivity index (χ1v) is 8.33. The van der Waals surface area contributed by atoms with Gasteiger partial charge in [0, 0.05) is 16.5 Å². The number of hydrogen-bond acceptors (Lipinski definition) is 2. The number of carbonyl (C=O) groups excluding carboxylic acids is 1. The minimum Gasteiger partial charge on any atom is -0.351 e. The van der Waals surface area contributed by atoms with Gasteiger partial charge >= 0.3 is 0 Å². The molecule has 1 N–H and O–H groups in total.